The van der Waals surface area contributed by atoms with Gasteiger partial charge in [-0.3, -0.25) is 0 Å². The Hall–Kier alpha value is 0.860. The van der Waals surface area contributed by atoms with Gasteiger partial charge in [0.2, 0.25) is 0 Å². The lowest BCUT2D eigenvalue weighted by molar-refractivity contribution is 0.286. The third kappa shape index (κ3) is 2.63. The predicted octanol–water partition coefficient (Wildman–Crippen LogP) is 6.14. The summed E-state index contributed by atoms with van der Waals surface area (Å²) in [4.78, 5) is 0.918. The van der Waals surface area contributed by atoms with E-state index in [1.54, 1.807) is 64.2 Å². The van der Waals surface area contributed by atoms with Crippen molar-refractivity contribution < 1.29 is 0 Å². The van der Waals surface area contributed by atoms with Crippen molar-refractivity contribution in [2.45, 2.75) is 99.7 Å². The van der Waals surface area contributed by atoms with Crippen LogP contribution >= 0.6 is 17.2 Å². The highest BCUT2D eigenvalue weighted by Gasteiger charge is 2.58. The molecule has 4 aliphatic rings. The molecule has 0 aromatic heterocycles. The maximum absolute atomic E-state index is 1.68. The van der Waals surface area contributed by atoms with Gasteiger partial charge in [0, 0.05) is 4.90 Å². The second-order valence-corrected chi connectivity index (χ2v) is 12.4. The minimum absolute atomic E-state index is 0.918. The van der Waals surface area contributed by atoms with Gasteiger partial charge in [-0.15, -0.1) is 17.2 Å². The number of hydrogen-bond donors (Lipinski definition) is 0. The lowest BCUT2D eigenvalue weighted by atomic mass is 9.80. The molecule has 4 rings (SSSR count). The highest BCUT2D eigenvalue weighted by Crippen LogP contribution is 2.76. The molecule has 4 fully saturated rings. The standard InChI is InChI=1S/C18H32P2/c1-3-7-11-16-14(9-5-1)13-18(19-16)15-10-6-2-4-8-12-17(15)20-18/h14-17,19-20H,1-13H2. The van der Waals surface area contributed by atoms with Gasteiger partial charge in [0.15, 0.2) is 0 Å². The first-order valence-corrected chi connectivity index (χ1v) is 11.6. The van der Waals surface area contributed by atoms with Crippen molar-refractivity contribution in [3.63, 3.8) is 0 Å². The van der Waals surface area contributed by atoms with Crippen LogP contribution in [0.4, 0.5) is 0 Å². The Balaban J connectivity index is 1.45. The Morgan fingerprint density at radius 2 is 1.20 bits per heavy atom. The molecular formula is C18H32P2. The summed E-state index contributed by atoms with van der Waals surface area (Å²) in [5.74, 6) is 2.35. The lowest BCUT2D eigenvalue weighted by Crippen LogP contribution is -2.46. The van der Waals surface area contributed by atoms with Gasteiger partial charge < -0.3 is 0 Å². The van der Waals surface area contributed by atoms with E-state index in [2.05, 4.69) is 0 Å². The van der Waals surface area contributed by atoms with E-state index in [0.29, 0.717) is 0 Å². The van der Waals surface area contributed by atoms with E-state index in [1.165, 1.54) is 53.7 Å². The molecule has 2 saturated heterocycles. The molecular weight excluding hydrogens is 278 g/mol. The van der Waals surface area contributed by atoms with E-state index < -0.39 is 0 Å². The third-order valence-corrected chi connectivity index (χ3v) is 12.0. The summed E-state index contributed by atoms with van der Waals surface area (Å²) >= 11 is 0. The van der Waals surface area contributed by atoms with Crippen LogP contribution in [0.3, 0.4) is 0 Å². The van der Waals surface area contributed by atoms with Gasteiger partial charge in [-0.25, -0.2) is 0 Å². The van der Waals surface area contributed by atoms with E-state index >= 15 is 0 Å². The van der Waals surface area contributed by atoms with E-state index in [0.717, 1.165) is 10.8 Å². The van der Waals surface area contributed by atoms with Gasteiger partial charge in [-0.05, 0) is 55.3 Å². The molecule has 0 amide bonds. The molecule has 0 aromatic carbocycles. The molecule has 0 bridgehead atoms. The van der Waals surface area contributed by atoms with Crippen molar-refractivity contribution in [2.24, 2.45) is 11.8 Å². The predicted molar refractivity (Wildman–Crippen MR) is 93.9 cm³/mol. The fourth-order valence-corrected chi connectivity index (χ4v) is 12.2. The molecule has 0 N–H and O–H groups in total. The van der Waals surface area contributed by atoms with E-state index in [-0.39, 0.29) is 0 Å². The van der Waals surface area contributed by atoms with Crippen LogP contribution in [0.2, 0.25) is 0 Å². The molecule has 0 radical (unpaired) electrons. The first-order valence-electron chi connectivity index (χ1n) is 9.43. The molecule has 1 spiro atoms. The van der Waals surface area contributed by atoms with E-state index in [4.69, 9.17) is 0 Å². The van der Waals surface area contributed by atoms with Gasteiger partial charge in [0.25, 0.3) is 0 Å². The quantitative estimate of drug-likeness (QED) is 0.472. The highest BCUT2D eigenvalue weighted by molar-refractivity contribution is 7.62. The number of hydrogen-bond acceptors (Lipinski definition) is 0. The van der Waals surface area contributed by atoms with Crippen LogP contribution in [0.15, 0.2) is 0 Å². The first kappa shape index (κ1) is 14.5. The molecule has 0 aromatic rings. The highest BCUT2D eigenvalue weighted by atomic mass is 31.1. The summed E-state index contributed by atoms with van der Waals surface area (Å²) in [6.45, 7) is 0. The molecule has 2 heterocycles. The number of fused-ring (bicyclic) bond motifs is 3. The second-order valence-electron chi connectivity index (χ2n) is 8.03. The Morgan fingerprint density at radius 1 is 0.600 bits per heavy atom. The van der Waals surface area contributed by atoms with Crippen molar-refractivity contribution >= 4 is 17.2 Å². The summed E-state index contributed by atoms with van der Waals surface area (Å²) in [6, 6.07) is 0. The third-order valence-electron chi connectivity index (χ3n) is 6.78. The van der Waals surface area contributed by atoms with Crippen LogP contribution in [0.1, 0.15) is 83.5 Å². The van der Waals surface area contributed by atoms with Crippen LogP contribution in [0.5, 0.6) is 0 Å². The van der Waals surface area contributed by atoms with Crippen molar-refractivity contribution in [1.29, 1.82) is 0 Å². The fourth-order valence-electron chi connectivity index (χ4n) is 5.75. The van der Waals surface area contributed by atoms with Crippen LogP contribution < -0.4 is 0 Å². The Morgan fingerprint density at radius 3 is 2.00 bits per heavy atom. The van der Waals surface area contributed by atoms with Crippen LogP contribution in [-0.4, -0.2) is 16.2 Å². The maximum atomic E-state index is 1.68. The summed E-state index contributed by atoms with van der Waals surface area (Å²) in [7, 11) is 2.76. The van der Waals surface area contributed by atoms with E-state index in [1.807, 2.05) is 0 Å². The van der Waals surface area contributed by atoms with Gasteiger partial charge >= 0.3 is 0 Å². The minimum atomic E-state index is 0.918. The van der Waals surface area contributed by atoms with Crippen LogP contribution in [0, 0.1) is 11.8 Å². The Bertz CT molecular complexity index is 324. The Kier molecular flexibility index (Phi) is 4.45. The molecule has 0 nitrogen and oxygen atoms in total. The molecule has 7 atom stereocenters. The zero-order valence-corrected chi connectivity index (χ0v) is 15.0. The molecule has 2 aliphatic heterocycles. The summed E-state index contributed by atoms with van der Waals surface area (Å²) in [5.41, 5.74) is 2.36. The maximum Gasteiger partial charge on any atom is 0.00918 e. The summed E-state index contributed by atoms with van der Waals surface area (Å²) < 4.78 is 0. The van der Waals surface area contributed by atoms with Gasteiger partial charge in [0.1, 0.15) is 0 Å². The minimum Gasteiger partial charge on any atom is -0.108 e. The molecule has 7 unspecified atom stereocenters. The topological polar surface area (TPSA) is 0 Å². The van der Waals surface area contributed by atoms with Gasteiger partial charge in [0.05, 0.1) is 0 Å². The van der Waals surface area contributed by atoms with Crippen LogP contribution in [0.25, 0.3) is 0 Å². The lowest BCUT2D eigenvalue weighted by Gasteiger charge is -2.55. The molecule has 2 aliphatic carbocycles. The Labute approximate surface area is 129 Å². The fraction of sp³-hybridized carbons (Fsp3) is 1.00. The van der Waals surface area contributed by atoms with Crippen molar-refractivity contribution in [2.75, 3.05) is 0 Å². The normalized spacial score (nSPS) is 51.6. The molecule has 20 heavy (non-hydrogen) atoms. The van der Waals surface area contributed by atoms with Crippen LogP contribution in [-0.2, 0) is 0 Å². The van der Waals surface area contributed by atoms with Gasteiger partial charge in [-0.1, -0.05) is 51.4 Å². The molecule has 114 valence electrons. The smallest absolute Gasteiger partial charge is 0.00918 e. The monoisotopic (exact) mass is 310 g/mol. The molecule has 2 saturated carbocycles. The van der Waals surface area contributed by atoms with Crippen molar-refractivity contribution in [3.05, 3.63) is 0 Å². The summed E-state index contributed by atoms with van der Waals surface area (Å²) in [5, 5.41) is 0. The zero-order valence-electron chi connectivity index (χ0n) is 13.0. The van der Waals surface area contributed by atoms with Gasteiger partial charge in [-0.2, -0.15) is 0 Å². The second kappa shape index (κ2) is 6.16. The SMILES string of the molecule is C1CCCC2PC3(CC2CC1)PC1CCCCCCC13. The first-order chi connectivity index (χ1) is 9.87. The molecule has 2 heteroatoms. The van der Waals surface area contributed by atoms with E-state index in [9.17, 15) is 0 Å². The van der Waals surface area contributed by atoms with Crippen molar-refractivity contribution in [3.8, 4) is 0 Å². The zero-order chi connectivity index (χ0) is 13.4. The average molecular weight is 310 g/mol. The van der Waals surface area contributed by atoms with Crippen molar-refractivity contribution in [1.82, 2.24) is 0 Å². The summed E-state index contributed by atoms with van der Waals surface area (Å²) in [6.07, 6.45) is 20.5. The number of rotatable bonds is 0. The largest absolute Gasteiger partial charge is 0.108 e. The average Bonchev–Trinajstić information content (AvgIpc) is 2.73.